The molecule has 6 aromatic rings. The summed E-state index contributed by atoms with van der Waals surface area (Å²) in [5.74, 6) is 2.15. The Morgan fingerprint density at radius 1 is 0.652 bits per heavy atom. The number of hydrogen-bond acceptors (Lipinski definition) is 11. The number of alkyl halides is 3. The van der Waals surface area contributed by atoms with Gasteiger partial charge in [-0.1, -0.05) is 35.9 Å². The van der Waals surface area contributed by atoms with E-state index in [2.05, 4.69) is 36.3 Å². The lowest BCUT2D eigenvalue weighted by atomic mass is 10.1. The molecule has 2 fully saturated rings. The molecule has 0 radical (unpaired) electrons. The number of nitrogens with zero attached hydrogens (tertiary/aromatic N) is 10. The second kappa shape index (κ2) is 21.1. The van der Waals surface area contributed by atoms with Crippen molar-refractivity contribution < 1.29 is 37.0 Å². The molecule has 2 saturated heterocycles. The van der Waals surface area contributed by atoms with Crippen LogP contribution in [0.15, 0.2) is 110 Å². The van der Waals surface area contributed by atoms with E-state index in [-0.39, 0.29) is 24.1 Å². The van der Waals surface area contributed by atoms with Crippen molar-refractivity contribution in [2.75, 3.05) is 63.3 Å². The second-order valence-electron chi connectivity index (χ2n) is 15.3. The van der Waals surface area contributed by atoms with E-state index in [0.717, 1.165) is 35.0 Å². The quantitative estimate of drug-likeness (QED) is 0.119. The molecule has 19 heteroatoms. The third kappa shape index (κ3) is 11.8. The number of hydrogen-bond donors (Lipinski definition) is 0. The van der Waals surface area contributed by atoms with Gasteiger partial charge in [0.25, 0.3) is 0 Å². The molecular weight excluding hydrogens is 877 g/mol. The van der Waals surface area contributed by atoms with Gasteiger partial charge in [0.1, 0.15) is 41.0 Å². The second-order valence-corrected chi connectivity index (χ2v) is 15.7. The molecule has 0 spiro atoms. The summed E-state index contributed by atoms with van der Waals surface area (Å²) in [6, 6.07) is 27.9. The van der Waals surface area contributed by atoms with E-state index in [0.29, 0.717) is 85.7 Å². The van der Waals surface area contributed by atoms with E-state index in [1.54, 1.807) is 54.7 Å². The standard InChI is InChI=1S/C24H22F3N5O3.C23H22ClN5O2/c1-34-21-11-17(5-6-18(21)13-28)14-31-8-7-29-22(31)15-30-9-10-32(23(33)16-30)19-3-2-4-20(12-19)35-24(25,26)27;1-31-21-11-17(5-6-18(21)13-25)14-28-8-7-26-22(28)15-27-9-10-29(23(30)16-27)20-4-2-3-19(24)12-20/h2-8,11-12H,9-10,14-16H2,1H3;2-8,11-12H,9-10,14-16H2,1H3. The lowest BCUT2D eigenvalue weighted by molar-refractivity contribution is -0.274. The number of amides is 2. The van der Waals surface area contributed by atoms with E-state index in [1.807, 2.05) is 58.3 Å². The molecule has 0 bridgehead atoms. The van der Waals surface area contributed by atoms with Gasteiger partial charge in [-0.3, -0.25) is 19.4 Å². The summed E-state index contributed by atoms with van der Waals surface area (Å²) < 4.78 is 56.1. The van der Waals surface area contributed by atoms with Gasteiger partial charge in [-0.05, 0) is 65.7 Å². The largest absolute Gasteiger partial charge is 0.573 e. The minimum Gasteiger partial charge on any atom is -0.495 e. The van der Waals surface area contributed by atoms with Gasteiger partial charge < -0.3 is 33.1 Å². The number of carbonyl (C=O) groups is 2. The average molecular weight is 921 g/mol. The van der Waals surface area contributed by atoms with Gasteiger partial charge in [0.05, 0.1) is 51.5 Å². The molecule has 66 heavy (non-hydrogen) atoms. The molecule has 0 atom stereocenters. The molecule has 0 unspecified atom stereocenters. The fourth-order valence-electron chi connectivity index (χ4n) is 7.67. The van der Waals surface area contributed by atoms with Crippen LogP contribution in [0.25, 0.3) is 0 Å². The zero-order chi connectivity index (χ0) is 46.8. The lowest BCUT2D eigenvalue weighted by Crippen LogP contribution is -2.50. The van der Waals surface area contributed by atoms with Crippen molar-refractivity contribution in [2.24, 2.45) is 0 Å². The summed E-state index contributed by atoms with van der Waals surface area (Å²) in [6.07, 6.45) is 2.40. The minimum atomic E-state index is -4.80. The van der Waals surface area contributed by atoms with Gasteiger partial charge >= 0.3 is 6.36 Å². The Bertz CT molecular complexity index is 2760. The molecule has 8 rings (SSSR count). The smallest absolute Gasteiger partial charge is 0.495 e. The Labute approximate surface area is 383 Å². The van der Waals surface area contributed by atoms with Crippen LogP contribution in [-0.4, -0.2) is 101 Å². The van der Waals surface area contributed by atoms with E-state index >= 15 is 0 Å². The first-order valence-electron chi connectivity index (χ1n) is 20.6. The summed E-state index contributed by atoms with van der Waals surface area (Å²) in [5.41, 5.74) is 4.09. The Morgan fingerprint density at radius 3 is 1.58 bits per heavy atom. The van der Waals surface area contributed by atoms with Gasteiger partial charge in [-0.25, -0.2) is 9.97 Å². The van der Waals surface area contributed by atoms with Crippen molar-refractivity contribution in [2.45, 2.75) is 32.5 Å². The number of imidazole rings is 2. The highest BCUT2D eigenvalue weighted by Crippen LogP contribution is 2.29. The van der Waals surface area contributed by atoms with Gasteiger partial charge in [-0.15, -0.1) is 13.2 Å². The van der Waals surface area contributed by atoms with Crippen molar-refractivity contribution in [1.29, 1.82) is 10.5 Å². The monoisotopic (exact) mass is 920 g/mol. The number of aromatic nitrogens is 4. The molecule has 15 nitrogen and oxygen atoms in total. The van der Waals surface area contributed by atoms with Crippen LogP contribution in [-0.2, 0) is 35.8 Å². The number of anilines is 2. The van der Waals surface area contributed by atoms with E-state index in [9.17, 15) is 22.8 Å². The van der Waals surface area contributed by atoms with Crippen molar-refractivity contribution in [3.8, 4) is 29.4 Å². The Kier molecular flexibility index (Phi) is 14.9. The molecule has 2 amide bonds. The van der Waals surface area contributed by atoms with Gasteiger partial charge in [0, 0.05) is 86.5 Å². The number of methoxy groups -OCH3 is 2. The summed E-state index contributed by atoms with van der Waals surface area (Å²) in [5, 5.41) is 18.9. The van der Waals surface area contributed by atoms with Crippen molar-refractivity contribution in [3.05, 3.63) is 149 Å². The predicted molar refractivity (Wildman–Crippen MR) is 238 cm³/mol. The maximum atomic E-state index is 12.8. The molecule has 4 heterocycles. The van der Waals surface area contributed by atoms with Gasteiger partial charge in [0.2, 0.25) is 11.8 Å². The highest BCUT2D eigenvalue weighted by molar-refractivity contribution is 6.30. The molecule has 2 aliphatic heterocycles. The van der Waals surface area contributed by atoms with Gasteiger partial charge in [-0.2, -0.15) is 10.5 Å². The molecule has 340 valence electrons. The van der Waals surface area contributed by atoms with Crippen molar-refractivity contribution >= 4 is 34.8 Å². The number of piperazine rings is 2. The van der Waals surface area contributed by atoms with Crippen LogP contribution in [0, 0.1) is 22.7 Å². The van der Waals surface area contributed by atoms with Crippen LogP contribution in [0.2, 0.25) is 5.02 Å². The van der Waals surface area contributed by atoms with E-state index in [1.165, 1.54) is 30.2 Å². The van der Waals surface area contributed by atoms with Crippen LogP contribution in [0.5, 0.6) is 17.2 Å². The number of benzene rings is 4. The Morgan fingerprint density at radius 2 is 1.14 bits per heavy atom. The lowest BCUT2D eigenvalue weighted by Gasteiger charge is -2.34. The normalized spacial score (nSPS) is 14.5. The first-order chi connectivity index (χ1) is 31.8. The molecule has 0 saturated carbocycles. The number of halogens is 4. The number of carbonyl (C=O) groups excluding carboxylic acids is 2. The third-order valence-electron chi connectivity index (χ3n) is 10.9. The van der Waals surface area contributed by atoms with Crippen LogP contribution in [0.4, 0.5) is 24.5 Å². The molecule has 2 aliphatic rings. The van der Waals surface area contributed by atoms with E-state index in [4.69, 9.17) is 31.6 Å². The van der Waals surface area contributed by atoms with Crippen molar-refractivity contribution in [1.82, 2.24) is 28.9 Å². The van der Waals surface area contributed by atoms with E-state index < -0.39 is 6.36 Å². The molecule has 4 aromatic carbocycles. The Hall–Kier alpha value is -7.38. The minimum absolute atomic E-state index is 0.0449. The number of nitriles is 2. The topological polar surface area (TPSA) is 158 Å². The fraction of sp³-hybridized carbons (Fsp3) is 0.277. The zero-order valence-electron chi connectivity index (χ0n) is 36.0. The molecular formula is C47H44ClF3N10O5. The maximum absolute atomic E-state index is 12.8. The molecule has 0 N–H and O–H groups in total. The molecule has 0 aliphatic carbocycles. The fourth-order valence-corrected chi connectivity index (χ4v) is 7.85. The first-order valence-corrected chi connectivity index (χ1v) is 21.0. The van der Waals surface area contributed by atoms with Crippen LogP contribution in [0.3, 0.4) is 0 Å². The first kappa shape index (κ1) is 46.6. The van der Waals surface area contributed by atoms with Crippen LogP contribution >= 0.6 is 11.6 Å². The SMILES string of the molecule is COc1cc(Cn2ccnc2CN2CCN(c3cccc(Cl)c3)C(=O)C2)ccc1C#N.COc1cc(Cn2ccnc2CN2CCN(c3cccc(OC(F)(F)F)c3)C(=O)C2)ccc1C#N. The zero-order valence-corrected chi connectivity index (χ0v) is 36.7. The predicted octanol–water partition coefficient (Wildman–Crippen LogP) is 6.87. The summed E-state index contributed by atoms with van der Waals surface area (Å²) in [7, 11) is 3.07. The number of rotatable bonds is 13. The molecule has 2 aromatic heterocycles. The van der Waals surface area contributed by atoms with Crippen LogP contribution in [0.1, 0.15) is 33.9 Å². The number of ether oxygens (including phenoxy) is 3. The summed E-state index contributed by atoms with van der Waals surface area (Å²) in [6.45, 7) is 4.74. The highest BCUT2D eigenvalue weighted by Gasteiger charge is 2.32. The average Bonchev–Trinajstić information content (AvgIpc) is 3.93. The highest BCUT2D eigenvalue weighted by atomic mass is 35.5. The summed E-state index contributed by atoms with van der Waals surface area (Å²) in [4.78, 5) is 41.7. The van der Waals surface area contributed by atoms with Crippen molar-refractivity contribution in [3.63, 3.8) is 0 Å². The van der Waals surface area contributed by atoms with Gasteiger partial charge in [0.15, 0.2) is 0 Å². The maximum Gasteiger partial charge on any atom is 0.573 e. The third-order valence-corrected chi connectivity index (χ3v) is 11.1. The summed E-state index contributed by atoms with van der Waals surface area (Å²) >= 11 is 6.07. The Balaban J connectivity index is 0.000000198. The van der Waals surface area contributed by atoms with Crippen LogP contribution < -0.4 is 24.0 Å².